The molecule has 2 rings (SSSR count). The highest BCUT2D eigenvalue weighted by Gasteiger charge is 2.19. The number of hydrogen-bond donors (Lipinski definition) is 1. The molecule has 2 aromatic rings. The lowest BCUT2D eigenvalue weighted by atomic mass is 10.1. The maximum absolute atomic E-state index is 12.8. The fraction of sp³-hybridized carbons (Fsp3) is 0.238. The summed E-state index contributed by atoms with van der Waals surface area (Å²) in [6.45, 7) is 1.14. The van der Waals surface area contributed by atoms with E-state index in [1.54, 1.807) is 18.2 Å². The van der Waals surface area contributed by atoms with Gasteiger partial charge in [0, 0.05) is 18.4 Å². The SMILES string of the molecule is CC(=O)Cc1ccc(OC(=O)CCCO[N+](=O)[O-])c(C(=O)Oc2ccc(C(N)=S)cc2)c1. The first-order chi connectivity index (χ1) is 15.2. The molecule has 32 heavy (non-hydrogen) atoms. The van der Waals surface area contributed by atoms with Crippen molar-refractivity contribution in [3.63, 3.8) is 0 Å². The van der Waals surface area contributed by atoms with Crippen LogP contribution in [0.4, 0.5) is 0 Å². The van der Waals surface area contributed by atoms with Crippen LogP contribution in [0.3, 0.4) is 0 Å². The fourth-order valence-corrected chi connectivity index (χ4v) is 2.74. The number of Topliss-reactive ketones (excluding diaryl/α,β-unsaturated/α-hetero) is 1. The van der Waals surface area contributed by atoms with Crippen molar-refractivity contribution in [2.24, 2.45) is 5.73 Å². The van der Waals surface area contributed by atoms with Gasteiger partial charge < -0.3 is 20.0 Å². The molecule has 0 radical (unpaired) electrons. The molecule has 0 fully saturated rings. The molecule has 0 aliphatic heterocycles. The Morgan fingerprint density at radius 2 is 1.78 bits per heavy atom. The van der Waals surface area contributed by atoms with E-state index in [2.05, 4.69) is 4.84 Å². The standard InChI is InChI=1S/C21H20N2O8S/c1-13(24)11-14-4-9-18(31-19(25)3-2-10-29-23(27)28)17(12-14)21(26)30-16-7-5-15(6-8-16)20(22)32/h4-9,12H,2-3,10-11H2,1H3,(H2,22,32). The van der Waals surface area contributed by atoms with Gasteiger partial charge in [-0.3, -0.25) is 9.59 Å². The van der Waals surface area contributed by atoms with Gasteiger partial charge in [-0.2, -0.15) is 0 Å². The quantitative estimate of drug-likeness (QED) is 0.132. The second-order valence-corrected chi connectivity index (χ2v) is 7.06. The molecule has 0 atom stereocenters. The molecule has 0 aliphatic carbocycles. The number of esters is 2. The first-order valence-electron chi connectivity index (χ1n) is 9.38. The third kappa shape index (κ3) is 7.76. The number of hydrogen-bond acceptors (Lipinski definition) is 9. The second kappa shape index (κ2) is 11.5. The van der Waals surface area contributed by atoms with Gasteiger partial charge in [-0.25, -0.2) is 4.79 Å². The van der Waals surface area contributed by atoms with E-state index in [0.29, 0.717) is 11.1 Å². The largest absolute Gasteiger partial charge is 0.426 e. The van der Waals surface area contributed by atoms with Crippen molar-refractivity contribution in [2.45, 2.75) is 26.2 Å². The van der Waals surface area contributed by atoms with E-state index in [4.69, 9.17) is 27.4 Å². The van der Waals surface area contributed by atoms with Crippen LogP contribution >= 0.6 is 12.2 Å². The Labute approximate surface area is 188 Å². The Kier molecular flexibility index (Phi) is 8.78. The highest BCUT2D eigenvalue weighted by Crippen LogP contribution is 2.24. The van der Waals surface area contributed by atoms with Crippen molar-refractivity contribution in [3.05, 3.63) is 69.3 Å². The molecule has 10 nitrogen and oxygen atoms in total. The summed E-state index contributed by atoms with van der Waals surface area (Å²) in [5, 5.41) is 9.19. The summed E-state index contributed by atoms with van der Waals surface area (Å²) >= 11 is 4.88. The van der Waals surface area contributed by atoms with Crippen LogP contribution in [-0.4, -0.2) is 34.4 Å². The molecule has 0 amide bonds. The molecule has 11 heteroatoms. The summed E-state index contributed by atoms with van der Waals surface area (Å²) in [6.07, 6.45) is -0.0370. The number of thiocarbonyl (C=S) groups is 1. The summed E-state index contributed by atoms with van der Waals surface area (Å²) in [4.78, 5) is 50.8. The Morgan fingerprint density at radius 1 is 1.09 bits per heavy atom. The average molecular weight is 460 g/mol. The van der Waals surface area contributed by atoms with E-state index < -0.39 is 17.0 Å². The van der Waals surface area contributed by atoms with E-state index in [1.165, 1.54) is 31.2 Å². The van der Waals surface area contributed by atoms with Gasteiger partial charge in [0.2, 0.25) is 0 Å². The van der Waals surface area contributed by atoms with Crippen LogP contribution in [0.2, 0.25) is 0 Å². The van der Waals surface area contributed by atoms with Gasteiger partial charge in [0.1, 0.15) is 27.8 Å². The lowest BCUT2D eigenvalue weighted by Crippen LogP contribution is -2.16. The van der Waals surface area contributed by atoms with Crippen molar-refractivity contribution in [1.82, 2.24) is 0 Å². The molecule has 0 aromatic heterocycles. The van der Waals surface area contributed by atoms with Gasteiger partial charge in [-0.05, 0) is 55.3 Å². The number of carbonyl (C=O) groups is 3. The van der Waals surface area contributed by atoms with E-state index in [0.717, 1.165) is 0 Å². The minimum atomic E-state index is -0.958. The van der Waals surface area contributed by atoms with E-state index >= 15 is 0 Å². The Hall–Kier alpha value is -3.86. The van der Waals surface area contributed by atoms with Gasteiger partial charge in [0.15, 0.2) is 0 Å². The van der Waals surface area contributed by atoms with Gasteiger partial charge in [-0.15, -0.1) is 10.1 Å². The van der Waals surface area contributed by atoms with Crippen LogP contribution in [0.5, 0.6) is 11.5 Å². The fourth-order valence-electron chi connectivity index (χ4n) is 2.60. The number of ketones is 1. The maximum atomic E-state index is 12.8. The van der Waals surface area contributed by atoms with Crippen LogP contribution in [-0.2, 0) is 20.8 Å². The normalized spacial score (nSPS) is 10.2. The van der Waals surface area contributed by atoms with Gasteiger partial charge >= 0.3 is 11.9 Å². The van der Waals surface area contributed by atoms with Gasteiger partial charge in [0.25, 0.3) is 5.09 Å². The highest BCUT2D eigenvalue weighted by molar-refractivity contribution is 7.80. The van der Waals surface area contributed by atoms with Crippen LogP contribution in [0, 0.1) is 10.1 Å². The predicted octanol–water partition coefficient (Wildman–Crippen LogP) is 2.57. The third-order valence-corrected chi connectivity index (χ3v) is 4.25. The summed E-state index contributed by atoms with van der Waals surface area (Å²) < 4.78 is 10.6. The smallest absolute Gasteiger partial charge is 0.347 e. The Morgan fingerprint density at radius 3 is 2.38 bits per heavy atom. The van der Waals surface area contributed by atoms with Crippen molar-refractivity contribution in [1.29, 1.82) is 0 Å². The summed E-state index contributed by atoms with van der Waals surface area (Å²) in [5.41, 5.74) is 6.62. The molecule has 2 N–H and O–H groups in total. The predicted molar refractivity (Wildman–Crippen MR) is 116 cm³/mol. The topological polar surface area (TPSA) is 148 Å². The van der Waals surface area contributed by atoms with Crippen LogP contribution in [0.15, 0.2) is 42.5 Å². The lowest BCUT2D eigenvalue weighted by Gasteiger charge is -2.12. The minimum Gasteiger partial charge on any atom is -0.426 e. The number of nitrogens with zero attached hydrogens (tertiary/aromatic N) is 1. The summed E-state index contributed by atoms with van der Waals surface area (Å²) in [5.74, 6) is -1.50. The molecule has 168 valence electrons. The van der Waals surface area contributed by atoms with Crippen LogP contribution < -0.4 is 15.2 Å². The summed E-state index contributed by atoms with van der Waals surface area (Å²) in [7, 11) is 0. The highest BCUT2D eigenvalue weighted by atomic mass is 32.1. The van der Waals surface area contributed by atoms with Crippen LogP contribution in [0.1, 0.15) is 41.3 Å². The summed E-state index contributed by atoms with van der Waals surface area (Å²) in [6, 6.07) is 10.5. The lowest BCUT2D eigenvalue weighted by molar-refractivity contribution is -0.757. The number of ether oxygens (including phenoxy) is 2. The Balaban J connectivity index is 2.18. The molecule has 0 bridgehead atoms. The van der Waals surface area contributed by atoms with E-state index in [1.807, 2.05) is 0 Å². The molecule has 2 aromatic carbocycles. The van der Waals surface area contributed by atoms with Crippen molar-refractivity contribution in [3.8, 4) is 11.5 Å². The van der Waals surface area contributed by atoms with Crippen molar-refractivity contribution in [2.75, 3.05) is 6.61 Å². The zero-order valence-corrected chi connectivity index (χ0v) is 17.9. The molecule has 0 saturated heterocycles. The maximum Gasteiger partial charge on any atom is 0.347 e. The number of rotatable bonds is 11. The van der Waals surface area contributed by atoms with Crippen LogP contribution in [0.25, 0.3) is 0 Å². The molecule has 0 unspecified atom stereocenters. The molecule has 0 spiro atoms. The monoisotopic (exact) mass is 460 g/mol. The number of benzene rings is 2. The first-order valence-corrected chi connectivity index (χ1v) is 9.79. The van der Waals surface area contributed by atoms with Crippen molar-refractivity contribution >= 4 is 34.9 Å². The third-order valence-electron chi connectivity index (χ3n) is 4.01. The minimum absolute atomic E-state index is 0.0529. The molecule has 0 heterocycles. The second-order valence-electron chi connectivity index (χ2n) is 6.62. The van der Waals surface area contributed by atoms with Crippen molar-refractivity contribution < 1.29 is 33.8 Å². The van der Waals surface area contributed by atoms with Gasteiger partial charge in [0.05, 0.1) is 6.61 Å². The zero-order chi connectivity index (χ0) is 23.7. The first kappa shape index (κ1) is 24.4. The number of nitrogens with two attached hydrogens (primary N) is 1. The molecule has 0 aliphatic rings. The van der Waals surface area contributed by atoms with Gasteiger partial charge in [-0.1, -0.05) is 18.3 Å². The van der Waals surface area contributed by atoms with E-state index in [-0.39, 0.29) is 53.7 Å². The van der Waals surface area contributed by atoms with E-state index in [9.17, 15) is 24.5 Å². The average Bonchev–Trinajstić information content (AvgIpc) is 2.72. The molecule has 0 saturated carbocycles. The molecular weight excluding hydrogens is 440 g/mol. The Bertz CT molecular complexity index is 1040. The number of carbonyl (C=O) groups excluding carboxylic acids is 3. The molecular formula is C21H20N2O8S. The zero-order valence-electron chi connectivity index (χ0n) is 17.1.